The van der Waals surface area contributed by atoms with Crippen LogP contribution in [0.1, 0.15) is 33.1 Å². The minimum absolute atomic E-state index is 0.0886. The number of carbonyl (C=O) groups is 1. The lowest BCUT2D eigenvalue weighted by molar-refractivity contribution is -0.138. The molecule has 0 aromatic rings. The van der Waals surface area contributed by atoms with Gasteiger partial charge in [-0.15, -0.1) is 0 Å². The van der Waals surface area contributed by atoms with E-state index in [-0.39, 0.29) is 5.91 Å². The second-order valence-corrected chi connectivity index (χ2v) is 6.73. The highest BCUT2D eigenvalue weighted by molar-refractivity contribution is 5.86. The van der Waals surface area contributed by atoms with Crippen molar-refractivity contribution in [1.29, 1.82) is 0 Å². The summed E-state index contributed by atoms with van der Waals surface area (Å²) in [5, 5.41) is 0. The van der Waals surface area contributed by atoms with Gasteiger partial charge in [0, 0.05) is 32.3 Å². The van der Waals surface area contributed by atoms with Crippen LogP contribution in [0.15, 0.2) is 0 Å². The van der Waals surface area contributed by atoms with Gasteiger partial charge in [0.2, 0.25) is 5.91 Å². The summed E-state index contributed by atoms with van der Waals surface area (Å²) in [5.74, 6) is 0.783. The molecular weight excluding hydrogens is 254 g/mol. The third kappa shape index (κ3) is 3.51. The molecule has 1 amide bonds. The zero-order chi connectivity index (χ0) is 14.8. The molecule has 5 nitrogen and oxygen atoms in total. The molecule has 2 N–H and O–H groups in total. The van der Waals surface area contributed by atoms with Gasteiger partial charge in [0.15, 0.2) is 0 Å². The zero-order valence-corrected chi connectivity index (χ0v) is 13.1. The maximum Gasteiger partial charge on any atom is 0.245 e. The van der Waals surface area contributed by atoms with Gasteiger partial charge in [-0.3, -0.25) is 4.79 Å². The molecule has 0 aromatic heterocycles. The summed E-state index contributed by atoms with van der Waals surface area (Å²) >= 11 is 0. The largest absolute Gasteiger partial charge is 0.379 e. The van der Waals surface area contributed by atoms with Crippen molar-refractivity contribution in [2.75, 3.05) is 39.9 Å². The molecule has 0 saturated carbocycles. The number of ether oxygens (including phenoxy) is 1. The van der Waals surface area contributed by atoms with E-state index in [0.717, 1.165) is 32.5 Å². The maximum atomic E-state index is 12.5. The first-order chi connectivity index (χ1) is 9.42. The van der Waals surface area contributed by atoms with Crippen molar-refractivity contribution < 1.29 is 9.53 Å². The number of amides is 1. The lowest BCUT2D eigenvalue weighted by Gasteiger charge is -2.37. The maximum absolute atomic E-state index is 12.5. The molecule has 5 heteroatoms. The Morgan fingerprint density at radius 2 is 2.10 bits per heavy atom. The van der Waals surface area contributed by atoms with Gasteiger partial charge in [-0.25, -0.2) is 0 Å². The van der Waals surface area contributed by atoms with Crippen LogP contribution in [0.2, 0.25) is 0 Å². The Morgan fingerprint density at radius 1 is 1.45 bits per heavy atom. The molecular formula is C15H29N3O2. The van der Waals surface area contributed by atoms with Crippen LogP contribution in [-0.4, -0.2) is 67.2 Å². The predicted molar refractivity (Wildman–Crippen MR) is 79.4 cm³/mol. The van der Waals surface area contributed by atoms with Crippen molar-refractivity contribution in [3.8, 4) is 0 Å². The summed E-state index contributed by atoms with van der Waals surface area (Å²) in [6.07, 6.45) is 2.82. The molecule has 116 valence electrons. The number of nitrogens with zero attached hydrogens (tertiary/aromatic N) is 2. The van der Waals surface area contributed by atoms with Crippen molar-refractivity contribution in [2.24, 2.45) is 11.7 Å². The second-order valence-electron chi connectivity index (χ2n) is 6.73. The Hall–Kier alpha value is -0.650. The minimum atomic E-state index is -0.762. The number of hydrogen-bond acceptors (Lipinski definition) is 4. The Bertz CT molecular complexity index is 332. The number of piperidine rings is 1. The molecule has 0 aromatic carbocycles. The number of hydrogen-bond donors (Lipinski definition) is 1. The summed E-state index contributed by atoms with van der Waals surface area (Å²) in [6, 6.07) is 0.581. The van der Waals surface area contributed by atoms with Gasteiger partial charge in [0.1, 0.15) is 5.54 Å². The van der Waals surface area contributed by atoms with E-state index in [1.165, 1.54) is 0 Å². The van der Waals surface area contributed by atoms with Crippen molar-refractivity contribution in [1.82, 2.24) is 9.80 Å². The van der Waals surface area contributed by atoms with Crippen molar-refractivity contribution >= 4 is 5.91 Å². The summed E-state index contributed by atoms with van der Waals surface area (Å²) in [4.78, 5) is 16.8. The lowest BCUT2D eigenvalue weighted by Crippen LogP contribution is -2.57. The number of rotatable bonds is 4. The molecule has 2 fully saturated rings. The van der Waals surface area contributed by atoms with E-state index in [4.69, 9.17) is 10.5 Å². The van der Waals surface area contributed by atoms with Crippen LogP contribution in [0.5, 0.6) is 0 Å². The van der Waals surface area contributed by atoms with Crippen molar-refractivity contribution in [2.45, 2.75) is 44.7 Å². The first-order valence-corrected chi connectivity index (χ1v) is 7.78. The normalized spacial score (nSPS) is 28.6. The fourth-order valence-corrected chi connectivity index (χ4v) is 3.00. The molecule has 0 aliphatic carbocycles. The standard InChI is InChI=1S/C15H29N3O2/c1-12(2)17(3)10-13-4-7-18(8-5-13)14(19)15(16)6-9-20-11-15/h12-13H,4-11,16H2,1-3H3. The van der Waals surface area contributed by atoms with E-state index in [0.29, 0.717) is 31.6 Å². The van der Waals surface area contributed by atoms with E-state index in [1.54, 1.807) is 0 Å². The van der Waals surface area contributed by atoms with E-state index in [9.17, 15) is 4.79 Å². The number of carbonyl (C=O) groups excluding carboxylic acids is 1. The molecule has 1 atom stereocenters. The average Bonchev–Trinajstić information content (AvgIpc) is 2.87. The predicted octanol–water partition coefficient (Wildman–Crippen LogP) is 0.683. The summed E-state index contributed by atoms with van der Waals surface area (Å²) in [6.45, 7) is 8.23. The van der Waals surface area contributed by atoms with Gasteiger partial charge in [0.25, 0.3) is 0 Å². The monoisotopic (exact) mass is 283 g/mol. The van der Waals surface area contributed by atoms with Crippen molar-refractivity contribution in [3.63, 3.8) is 0 Å². The molecule has 2 aliphatic heterocycles. The molecule has 2 heterocycles. The SMILES string of the molecule is CC(C)N(C)CC1CCN(C(=O)C2(N)CCOC2)CC1. The van der Waals surface area contributed by atoms with Crippen LogP contribution in [-0.2, 0) is 9.53 Å². The highest BCUT2D eigenvalue weighted by atomic mass is 16.5. The van der Waals surface area contributed by atoms with Gasteiger partial charge >= 0.3 is 0 Å². The minimum Gasteiger partial charge on any atom is -0.379 e. The molecule has 0 spiro atoms. The first-order valence-electron chi connectivity index (χ1n) is 7.78. The highest BCUT2D eigenvalue weighted by Gasteiger charge is 2.41. The zero-order valence-electron chi connectivity index (χ0n) is 13.1. The van der Waals surface area contributed by atoms with E-state index >= 15 is 0 Å². The van der Waals surface area contributed by atoms with Crippen LogP contribution in [0.4, 0.5) is 0 Å². The highest BCUT2D eigenvalue weighted by Crippen LogP contribution is 2.24. The lowest BCUT2D eigenvalue weighted by atomic mass is 9.92. The van der Waals surface area contributed by atoms with Crippen LogP contribution < -0.4 is 5.73 Å². The van der Waals surface area contributed by atoms with Gasteiger partial charge in [-0.1, -0.05) is 0 Å². The topological polar surface area (TPSA) is 58.8 Å². The van der Waals surface area contributed by atoms with Crippen molar-refractivity contribution in [3.05, 3.63) is 0 Å². The Kier molecular flexibility index (Phi) is 5.04. The second kappa shape index (κ2) is 6.41. The quantitative estimate of drug-likeness (QED) is 0.824. The summed E-state index contributed by atoms with van der Waals surface area (Å²) in [7, 11) is 2.17. The fraction of sp³-hybridized carbons (Fsp3) is 0.933. The van der Waals surface area contributed by atoms with Gasteiger partial charge in [0.05, 0.1) is 6.61 Å². The molecule has 1 unspecified atom stereocenters. The molecule has 0 bridgehead atoms. The number of nitrogens with two attached hydrogens (primary N) is 1. The Balaban J connectivity index is 1.80. The van der Waals surface area contributed by atoms with E-state index in [1.807, 2.05) is 4.90 Å². The average molecular weight is 283 g/mol. The molecule has 2 rings (SSSR count). The first kappa shape index (κ1) is 15.7. The van der Waals surface area contributed by atoms with Crippen LogP contribution in [0.3, 0.4) is 0 Å². The van der Waals surface area contributed by atoms with E-state index in [2.05, 4.69) is 25.8 Å². The third-order valence-electron chi connectivity index (χ3n) is 4.81. The molecule has 2 saturated heterocycles. The van der Waals surface area contributed by atoms with Gasteiger partial charge in [-0.2, -0.15) is 0 Å². The van der Waals surface area contributed by atoms with Crippen LogP contribution in [0, 0.1) is 5.92 Å². The number of likely N-dealkylation sites (tertiary alicyclic amines) is 1. The van der Waals surface area contributed by atoms with E-state index < -0.39 is 5.54 Å². The molecule has 0 radical (unpaired) electrons. The van der Waals surface area contributed by atoms with Crippen LogP contribution >= 0.6 is 0 Å². The molecule has 20 heavy (non-hydrogen) atoms. The van der Waals surface area contributed by atoms with Gasteiger partial charge in [-0.05, 0) is 46.1 Å². The van der Waals surface area contributed by atoms with Gasteiger partial charge < -0.3 is 20.3 Å². The Labute approximate surface area is 122 Å². The smallest absolute Gasteiger partial charge is 0.245 e. The summed E-state index contributed by atoms with van der Waals surface area (Å²) < 4.78 is 5.29. The Morgan fingerprint density at radius 3 is 2.60 bits per heavy atom. The third-order valence-corrected chi connectivity index (χ3v) is 4.81. The summed E-state index contributed by atoms with van der Waals surface area (Å²) in [5.41, 5.74) is 5.40. The fourth-order valence-electron chi connectivity index (χ4n) is 3.00. The molecule has 2 aliphatic rings. The van der Waals surface area contributed by atoms with Crippen LogP contribution in [0.25, 0.3) is 0 Å².